The van der Waals surface area contributed by atoms with Crippen molar-refractivity contribution >= 4 is 0 Å². The maximum absolute atomic E-state index is 11.1. The Morgan fingerprint density at radius 3 is 2.08 bits per heavy atom. The standard InChI is InChI=1S/C10H7O2/c1-6-8(10(12)9(6)11)7-4-2-3-5-7/h2-5H,1H3. The van der Waals surface area contributed by atoms with Crippen LogP contribution in [0, 0.1) is 38.5 Å². The minimum Gasteiger partial charge on any atom is -0.285 e. The van der Waals surface area contributed by atoms with Crippen LogP contribution in [0.25, 0.3) is 0 Å². The van der Waals surface area contributed by atoms with Gasteiger partial charge in [-0.1, -0.05) is 0 Å². The Kier molecular flexibility index (Phi) is 1.63. The average molecular weight is 159 g/mol. The molecule has 0 N–H and O–H groups in total. The van der Waals surface area contributed by atoms with Crippen LogP contribution in [0.15, 0.2) is 9.59 Å². The first-order valence-corrected chi connectivity index (χ1v) is 3.74. The summed E-state index contributed by atoms with van der Waals surface area (Å²) >= 11 is 0. The van der Waals surface area contributed by atoms with Crippen LogP contribution in [0.5, 0.6) is 0 Å². The quantitative estimate of drug-likeness (QED) is 0.554. The van der Waals surface area contributed by atoms with Crippen LogP contribution < -0.4 is 10.9 Å². The molecule has 1 aliphatic carbocycles. The zero-order chi connectivity index (χ0) is 8.72. The van der Waals surface area contributed by atoms with E-state index in [4.69, 9.17) is 0 Å². The van der Waals surface area contributed by atoms with Gasteiger partial charge in [0, 0.05) is 17.0 Å². The molecule has 2 rings (SSSR count). The minimum absolute atomic E-state index is 0.341. The van der Waals surface area contributed by atoms with Gasteiger partial charge in [-0.25, -0.2) is 0 Å². The van der Waals surface area contributed by atoms with Crippen molar-refractivity contribution < 1.29 is 0 Å². The summed E-state index contributed by atoms with van der Waals surface area (Å²) in [5.41, 5.74) is 0.487. The Bertz CT molecular complexity index is 363. The maximum atomic E-state index is 11.1. The van der Waals surface area contributed by atoms with E-state index in [1.165, 1.54) is 0 Å². The van der Waals surface area contributed by atoms with E-state index in [2.05, 4.69) is 0 Å². The van der Waals surface area contributed by atoms with E-state index in [0.717, 1.165) is 5.92 Å². The van der Waals surface area contributed by atoms with Gasteiger partial charge >= 0.3 is 0 Å². The highest BCUT2D eigenvalue weighted by atomic mass is 16.2. The molecule has 0 spiro atoms. The van der Waals surface area contributed by atoms with E-state index in [1.54, 1.807) is 6.92 Å². The largest absolute Gasteiger partial charge is 0.285 e. The minimum atomic E-state index is -0.348. The number of rotatable bonds is 1. The molecule has 1 saturated carbocycles. The summed E-state index contributed by atoms with van der Waals surface area (Å²) in [6.45, 7) is 1.69. The third kappa shape index (κ3) is 0.872. The summed E-state index contributed by atoms with van der Waals surface area (Å²) in [7, 11) is 0. The van der Waals surface area contributed by atoms with Crippen molar-refractivity contribution in [1.82, 2.24) is 0 Å². The summed E-state index contributed by atoms with van der Waals surface area (Å²) in [6.07, 6.45) is 7.38. The van der Waals surface area contributed by atoms with E-state index in [0.29, 0.717) is 11.1 Å². The van der Waals surface area contributed by atoms with E-state index >= 15 is 0 Å². The lowest BCUT2D eigenvalue weighted by Gasteiger charge is -2.11. The van der Waals surface area contributed by atoms with Gasteiger partial charge in [-0.05, 0) is 32.6 Å². The summed E-state index contributed by atoms with van der Waals surface area (Å²) in [5.74, 6) is 0.858. The van der Waals surface area contributed by atoms with Gasteiger partial charge in [0.25, 0.3) is 0 Å². The smallest absolute Gasteiger partial charge is 0.230 e. The topological polar surface area (TPSA) is 34.1 Å². The van der Waals surface area contributed by atoms with Gasteiger partial charge in [0.2, 0.25) is 10.9 Å². The Morgan fingerprint density at radius 1 is 1.00 bits per heavy atom. The van der Waals surface area contributed by atoms with Crippen molar-refractivity contribution in [3.63, 3.8) is 0 Å². The summed E-state index contributed by atoms with van der Waals surface area (Å²) in [5, 5.41) is 0. The second kappa shape index (κ2) is 2.54. The molecule has 0 aromatic heterocycles. The van der Waals surface area contributed by atoms with Crippen molar-refractivity contribution in [3.05, 3.63) is 63.2 Å². The molecule has 0 bridgehead atoms. The average Bonchev–Trinajstić information content (AvgIpc) is 2.57. The molecule has 5 radical (unpaired) electrons. The lowest BCUT2D eigenvalue weighted by atomic mass is 9.89. The normalized spacial score (nSPS) is 19.1. The van der Waals surface area contributed by atoms with Crippen molar-refractivity contribution in [2.45, 2.75) is 6.92 Å². The van der Waals surface area contributed by atoms with E-state index in [9.17, 15) is 9.59 Å². The van der Waals surface area contributed by atoms with Crippen LogP contribution in [-0.2, 0) is 0 Å². The van der Waals surface area contributed by atoms with E-state index in [1.807, 2.05) is 25.7 Å². The molecule has 0 heterocycles. The van der Waals surface area contributed by atoms with Crippen LogP contribution in [0.4, 0.5) is 0 Å². The fraction of sp³-hybridized carbons (Fsp3) is 0.100. The molecule has 1 aromatic carbocycles. The van der Waals surface area contributed by atoms with E-state index in [-0.39, 0.29) is 10.9 Å². The molecule has 0 saturated heterocycles. The third-order valence-corrected chi connectivity index (χ3v) is 2.10. The predicted molar refractivity (Wildman–Crippen MR) is 45.6 cm³/mol. The Balaban J connectivity index is 2.35. The first-order valence-electron chi connectivity index (χ1n) is 3.74. The molecule has 0 atom stereocenters. The maximum Gasteiger partial charge on any atom is 0.230 e. The SMILES string of the molecule is Cc1c([C]2[CH][CH][CH][CH]2)c(=O)c1=O. The van der Waals surface area contributed by atoms with Gasteiger partial charge < -0.3 is 0 Å². The molecule has 0 amide bonds. The highest BCUT2D eigenvalue weighted by molar-refractivity contribution is 5.55. The molecular weight excluding hydrogens is 152 g/mol. The lowest BCUT2D eigenvalue weighted by molar-refractivity contribution is 1.12. The van der Waals surface area contributed by atoms with Gasteiger partial charge in [0.05, 0.1) is 0 Å². The summed E-state index contributed by atoms with van der Waals surface area (Å²) in [4.78, 5) is 21.9. The van der Waals surface area contributed by atoms with Crippen LogP contribution in [0.2, 0.25) is 0 Å². The molecular formula is C10H7O2. The van der Waals surface area contributed by atoms with E-state index < -0.39 is 0 Å². The Hall–Kier alpha value is -0.920. The number of hydrogen-bond donors (Lipinski definition) is 0. The first kappa shape index (κ1) is 7.71. The zero-order valence-electron chi connectivity index (χ0n) is 6.63. The van der Waals surface area contributed by atoms with Crippen LogP contribution in [0.3, 0.4) is 0 Å². The second-order valence-electron chi connectivity index (χ2n) is 2.83. The first-order chi connectivity index (χ1) is 5.72. The predicted octanol–water partition coefficient (Wildman–Crippen LogP) is 0.344. The van der Waals surface area contributed by atoms with Gasteiger partial charge in [-0.2, -0.15) is 0 Å². The second-order valence-corrected chi connectivity index (χ2v) is 2.83. The molecule has 0 unspecified atom stereocenters. The molecule has 2 nitrogen and oxygen atoms in total. The van der Waals surface area contributed by atoms with Gasteiger partial charge in [-0.15, -0.1) is 0 Å². The zero-order valence-corrected chi connectivity index (χ0v) is 6.63. The monoisotopic (exact) mass is 159 g/mol. The fourth-order valence-corrected chi connectivity index (χ4v) is 1.39. The Morgan fingerprint density at radius 2 is 1.58 bits per heavy atom. The fourth-order valence-electron chi connectivity index (χ4n) is 1.39. The Labute approximate surface area is 70.9 Å². The molecule has 12 heavy (non-hydrogen) atoms. The summed E-state index contributed by atoms with van der Waals surface area (Å²) < 4.78 is 0. The highest BCUT2D eigenvalue weighted by Crippen LogP contribution is 2.29. The van der Waals surface area contributed by atoms with Gasteiger partial charge in [0.1, 0.15) is 0 Å². The highest BCUT2D eigenvalue weighted by Gasteiger charge is 2.28. The molecule has 59 valence electrons. The molecule has 1 fully saturated rings. The van der Waals surface area contributed by atoms with Crippen LogP contribution >= 0.6 is 0 Å². The van der Waals surface area contributed by atoms with Gasteiger partial charge in [-0.3, -0.25) is 9.59 Å². The molecule has 2 heteroatoms. The molecule has 1 aromatic rings. The van der Waals surface area contributed by atoms with Gasteiger partial charge in [0.15, 0.2) is 0 Å². The van der Waals surface area contributed by atoms with Crippen molar-refractivity contribution in [1.29, 1.82) is 0 Å². The third-order valence-electron chi connectivity index (χ3n) is 2.10. The molecule has 1 aliphatic rings. The molecule has 0 aliphatic heterocycles. The van der Waals surface area contributed by atoms with Crippen molar-refractivity contribution in [3.8, 4) is 0 Å². The lowest BCUT2D eigenvalue weighted by Crippen LogP contribution is -2.39. The van der Waals surface area contributed by atoms with Crippen LogP contribution in [-0.4, -0.2) is 0 Å². The van der Waals surface area contributed by atoms with Crippen molar-refractivity contribution in [2.24, 2.45) is 0 Å². The van der Waals surface area contributed by atoms with Crippen LogP contribution in [0.1, 0.15) is 11.1 Å². The summed E-state index contributed by atoms with van der Waals surface area (Å²) in [6, 6.07) is 0. The number of hydrogen-bond acceptors (Lipinski definition) is 2. The van der Waals surface area contributed by atoms with Crippen molar-refractivity contribution in [2.75, 3.05) is 0 Å².